The zero-order valence-electron chi connectivity index (χ0n) is 13.9. The van der Waals surface area contributed by atoms with E-state index >= 15 is 0 Å². The molecule has 0 aliphatic heterocycles. The number of hydrogen-bond acceptors (Lipinski definition) is 3. The summed E-state index contributed by atoms with van der Waals surface area (Å²) in [5.74, 6) is 1.21. The Labute approximate surface area is 141 Å². The molecule has 24 heavy (non-hydrogen) atoms. The molecule has 1 amide bonds. The zero-order valence-corrected chi connectivity index (χ0v) is 13.9. The highest BCUT2D eigenvalue weighted by Crippen LogP contribution is 2.48. The van der Waals surface area contributed by atoms with Crippen molar-refractivity contribution < 1.29 is 9.90 Å². The Hall–Kier alpha value is -2.14. The molecule has 2 aliphatic rings. The summed E-state index contributed by atoms with van der Waals surface area (Å²) in [6, 6.07) is 9.89. The number of fused-ring (bicyclic) bond motifs is 2. The topological polar surface area (TPSA) is 67.2 Å². The molecular formula is C19H23N3O2. The Morgan fingerprint density at radius 1 is 1.29 bits per heavy atom. The summed E-state index contributed by atoms with van der Waals surface area (Å²) in [7, 11) is 0. The lowest BCUT2D eigenvalue weighted by atomic mass is 9.85. The standard InChI is InChI=1S/C19H23N3O2/c1-12-16(10-22(21-12)15-5-3-2-4-6-15)19(24)20-18-14-8-7-13(9-14)17(18)11-23/h2-6,10,13-14,17-18,23H,7-9,11H2,1H3,(H,20,24). The highest BCUT2D eigenvalue weighted by Gasteiger charge is 2.47. The van der Waals surface area contributed by atoms with Crippen molar-refractivity contribution in [2.24, 2.45) is 17.8 Å². The third-order valence-electron chi connectivity index (χ3n) is 5.76. The van der Waals surface area contributed by atoms with Gasteiger partial charge in [-0.05, 0) is 50.2 Å². The fourth-order valence-electron chi connectivity index (χ4n) is 4.52. The minimum Gasteiger partial charge on any atom is -0.396 e. The number of carbonyl (C=O) groups excluding carboxylic acids is 1. The van der Waals surface area contributed by atoms with Gasteiger partial charge in [-0.3, -0.25) is 4.79 Å². The van der Waals surface area contributed by atoms with Gasteiger partial charge in [0.25, 0.3) is 5.91 Å². The smallest absolute Gasteiger partial charge is 0.254 e. The summed E-state index contributed by atoms with van der Waals surface area (Å²) >= 11 is 0. The second-order valence-electron chi connectivity index (χ2n) is 7.09. The number of aryl methyl sites for hydroxylation is 1. The first-order valence-corrected chi connectivity index (χ1v) is 8.71. The molecule has 126 valence electrons. The Morgan fingerprint density at radius 3 is 2.79 bits per heavy atom. The van der Waals surface area contributed by atoms with Gasteiger partial charge in [-0.2, -0.15) is 5.10 Å². The monoisotopic (exact) mass is 325 g/mol. The van der Waals surface area contributed by atoms with Gasteiger partial charge in [0.15, 0.2) is 0 Å². The first-order chi connectivity index (χ1) is 11.7. The van der Waals surface area contributed by atoms with Crippen LogP contribution in [0.15, 0.2) is 36.5 Å². The minimum absolute atomic E-state index is 0.0781. The molecule has 0 spiro atoms. The summed E-state index contributed by atoms with van der Waals surface area (Å²) < 4.78 is 1.74. The Bertz CT molecular complexity index is 740. The number of hydrogen-bond donors (Lipinski definition) is 2. The van der Waals surface area contributed by atoms with Crippen LogP contribution in [0, 0.1) is 24.7 Å². The highest BCUT2D eigenvalue weighted by molar-refractivity contribution is 5.95. The number of aliphatic hydroxyl groups is 1. The van der Waals surface area contributed by atoms with E-state index in [0.717, 1.165) is 24.2 Å². The Morgan fingerprint density at radius 2 is 2.04 bits per heavy atom. The fourth-order valence-corrected chi connectivity index (χ4v) is 4.52. The van der Waals surface area contributed by atoms with Crippen LogP contribution < -0.4 is 5.32 Å². The summed E-state index contributed by atoms with van der Waals surface area (Å²) in [5, 5.41) is 17.3. The lowest BCUT2D eigenvalue weighted by Crippen LogP contribution is -2.45. The van der Waals surface area contributed by atoms with E-state index in [0.29, 0.717) is 17.4 Å². The molecule has 5 nitrogen and oxygen atoms in total. The molecular weight excluding hydrogens is 302 g/mol. The molecule has 2 bridgehead atoms. The molecule has 4 atom stereocenters. The molecule has 2 aromatic rings. The van der Waals surface area contributed by atoms with Gasteiger partial charge in [-0.1, -0.05) is 18.2 Å². The summed E-state index contributed by atoms with van der Waals surface area (Å²) in [6.07, 6.45) is 5.28. The molecule has 0 saturated heterocycles. The first kappa shape index (κ1) is 15.4. The first-order valence-electron chi connectivity index (χ1n) is 8.71. The van der Waals surface area contributed by atoms with Crippen LogP contribution in [-0.2, 0) is 0 Å². The van der Waals surface area contributed by atoms with Crippen LogP contribution in [0.3, 0.4) is 0 Å². The predicted octanol–water partition coefficient (Wildman–Crippen LogP) is 2.32. The number of rotatable bonds is 4. The van der Waals surface area contributed by atoms with Crippen molar-refractivity contribution in [2.75, 3.05) is 6.61 Å². The molecule has 2 N–H and O–H groups in total. The second-order valence-corrected chi connectivity index (χ2v) is 7.09. The van der Waals surface area contributed by atoms with Crippen LogP contribution >= 0.6 is 0 Å². The molecule has 1 heterocycles. The Kier molecular flexibility index (Phi) is 3.88. The average Bonchev–Trinajstić information content (AvgIpc) is 3.30. The summed E-state index contributed by atoms with van der Waals surface area (Å²) in [5.41, 5.74) is 2.27. The van der Waals surface area contributed by atoms with Gasteiger partial charge in [0, 0.05) is 24.8 Å². The van der Waals surface area contributed by atoms with Gasteiger partial charge in [-0.15, -0.1) is 0 Å². The van der Waals surface area contributed by atoms with Gasteiger partial charge >= 0.3 is 0 Å². The number of carbonyl (C=O) groups is 1. The molecule has 2 saturated carbocycles. The molecule has 1 aromatic carbocycles. The minimum atomic E-state index is -0.0781. The lowest BCUT2D eigenvalue weighted by Gasteiger charge is -2.30. The third-order valence-corrected chi connectivity index (χ3v) is 5.76. The van der Waals surface area contributed by atoms with E-state index < -0.39 is 0 Å². The number of para-hydroxylation sites is 1. The zero-order chi connectivity index (χ0) is 16.7. The second kappa shape index (κ2) is 6.06. The number of nitrogens with zero attached hydrogens (tertiary/aromatic N) is 2. The van der Waals surface area contributed by atoms with E-state index in [2.05, 4.69) is 10.4 Å². The van der Waals surface area contributed by atoms with E-state index in [4.69, 9.17) is 0 Å². The lowest BCUT2D eigenvalue weighted by molar-refractivity contribution is 0.0861. The van der Waals surface area contributed by atoms with Gasteiger partial charge in [0.2, 0.25) is 0 Å². The normalized spacial score (nSPS) is 28.2. The van der Waals surface area contributed by atoms with Gasteiger partial charge in [-0.25, -0.2) is 4.68 Å². The van der Waals surface area contributed by atoms with Crippen LogP contribution in [0.25, 0.3) is 5.69 Å². The molecule has 4 rings (SSSR count). The quantitative estimate of drug-likeness (QED) is 0.906. The van der Waals surface area contributed by atoms with Crippen LogP contribution in [0.4, 0.5) is 0 Å². The maximum Gasteiger partial charge on any atom is 0.254 e. The van der Waals surface area contributed by atoms with E-state index in [9.17, 15) is 9.90 Å². The van der Waals surface area contributed by atoms with Crippen LogP contribution in [-0.4, -0.2) is 33.4 Å². The molecule has 4 unspecified atom stereocenters. The average molecular weight is 325 g/mol. The van der Waals surface area contributed by atoms with Crippen molar-refractivity contribution in [3.63, 3.8) is 0 Å². The number of nitrogens with one attached hydrogen (secondary N) is 1. The maximum absolute atomic E-state index is 12.8. The largest absolute Gasteiger partial charge is 0.396 e. The number of amides is 1. The van der Waals surface area contributed by atoms with Crippen molar-refractivity contribution in [2.45, 2.75) is 32.2 Å². The number of aliphatic hydroxyl groups excluding tert-OH is 1. The Balaban J connectivity index is 1.54. The predicted molar refractivity (Wildman–Crippen MR) is 91.0 cm³/mol. The van der Waals surface area contributed by atoms with Crippen molar-refractivity contribution in [1.82, 2.24) is 15.1 Å². The fraction of sp³-hybridized carbons (Fsp3) is 0.474. The molecule has 0 radical (unpaired) electrons. The van der Waals surface area contributed by atoms with Crippen molar-refractivity contribution in [3.05, 3.63) is 47.8 Å². The van der Waals surface area contributed by atoms with Gasteiger partial charge in [0.05, 0.1) is 16.9 Å². The van der Waals surface area contributed by atoms with Gasteiger partial charge in [0.1, 0.15) is 0 Å². The van der Waals surface area contributed by atoms with E-state index in [1.165, 1.54) is 6.42 Å². The molecule has 2 aliphatic carbocycles. The number of benzene rings is 1. The van der Waals surface area contributed by atoms with Crippen molar-refractivity contribution in [3.8, 4) is 5.69 Å². The van der Waals surface area contributed by atoms with Crippen LogP contribution in [0.1, 0.15) is 35.3 Å². The van der Waals surface area contributed by atoms with Crippen molar-refractivity contribution >= 4 is 5.91 Å². The highest BCUT2D eigenvalue weighted by atomic mass is 16.3. The van der Waals surface area contributed by atoms with Crippen molar-refractivity contribution in [1.29, 1.82) is 0 Å². The van der Waals surface area contributed by atoms with E-state index in [-0.39, 0.29) is 24.5 Å². The number of aromatic nitrogens is 2. The molecule has 2 fully saturated rings. The van der Waals surface area contributed by atoms with Crippen LogP contribution in [0.2, 0.25) is 0 Å². The van der Waals surface area contributed by atoms with E-state index in [1.54, 1.807) is 10.9 Å². The van der Waals surface area contributed by atoms with Gasteiger partial charge < -0.3 is 10.4 Å². The molecule has 1 aromatic heterocycles. The SMILES string of the molecule is Cc1nn(-c2ccccc2)cc1C(=O)NC1C2CCC(C2)C1CO. The molecule has 5 heteroatoms. The third kappa shape index (κ3) is 2.53. The summed E-state index contributed by atoms with van der Waals surface area (Å²) in [6.45, 7) is 2.02. The maximum atomic E-state index is 12.8. The van der Waals surface area contributed by atoms with E-state index in [1.807, 2.05) is 37.3 Å². The van der Waals surface area contributed by atoms with Crippen LogP contribution in [0.5, 0.6) is 0 Å². The summed E-state index contributed by atoms with van der Waals surface area (Å²) in [4.78, 5) is 12.8.